The number of nitrogens with zero attached hydrogens (tertiary/aromatic N) is 1. The monoisotopic (exact) mass is 382 g/mol. The Morgan fingerprint density at radius 1 is 1.14 bits per heavy atom. The van der Waals surface area contributed by atoms with Gasteiger partial charge in [-0.05, 0) is 35.6 Å². The average molecular weight is 383 g/mol. The van der Waals surface area contributed by atoms with Gasteiger partial charge in [-0.3, -0.25) is 0 Å². The van der Waals surface area contributed by atoms with Crippen molar-refractivity contribution in [2.24, 2.45) is 0 Å². The number of aryl methyl sites for hydroxylation is 1. The maximum absolute atomic E-state index is 15.3. The molecule has 1 N–H and O–H groups in total. The zero-order chi connectivity index (χ0) is 19.9. The first-order valence-corrected chi connectivity index (χ1v) is 10.1. The molecule has 1 heterocycles. The van der Waals surface area contributed by atoms with E-state index in [4.69, 9.17) is 4.74 Å². The third-order valence-electron chi connectivity index (χ3n) is 5.60. The maximum atomic E-state index is 15.3. The van der Waals surface area contributed by atoms with E-state index in [9.17, 15) is 0 Å². The van der Waals surface area contributed by atoms with Crippen molar-refractivity contribution in [1.82, 2.24) is 5.32 Å². The number of rotatable bonds is 8. The Bertz CT molecular complexity index is 771. The molecule has 28 heavy (non-hydrogen) atoms. The number of ether oxygens (including phenoxy) is 1. The highest BCUT2D eigenvalue weighted by molar-refractivity contribution is 5.56. The lowest BCUT2D eigenvalue weighted by atomic mass is 9.89. The Hall–Kier alpha value is -2.33. The predicted octanol–water partition coefficient (Wildman–Crippen LogP) is 5.00. The molecule has 0 aliphatic carbocycles. The van der Waals surface area contributed by atoms with Gasteiger partial charge in [0.2, 0.25) is 0 Å². The van der Waals surface area contributed by atoms with Crippen molar-refractivity contribution >= 4 is 5.69 Å². The van der Waals surface area contributed by atoms with Gasteiger partial charge in [-0.1, -0.05) is 56.0 Å². The Morgan fingerprint density at radius 3 is 2.50 bits per heavy atom. The number of alkyl halides is 1. The minimum Gasteiger partial charge on any atom is -0.501 e. The van der Waals surface area contributed by atoms with Crippen LogP contribution < -0.4 is 10.2 Å². The van der Waals surface area contributed by atoms with E-state index in [1.807, 2.05) is 42.5 Å². The molecule has 0 amide bonds. The molecule has 1 fully saturated rings. The summed E-state index contributed by atoms with van der Waals surface area (Å²) in [7, 11) is 1.60. The minimum absolute atomic E-state index is 0.167. The van der Waals surface area contributed by atoms with Gasteiger partial charge in [-0.15, -0.1) is 0 Å². The Kier molecular flexibility index (Phi) is 7.10. The fraction of sp³-hybridized carbons (Fsp3) is 0.417. The molecule has 2 aromatic carbocycles. The largest absolute Gasteiger partial charge is 0.501 e. The van der Waals surface area contributed by atoms with Gasteiger partial charge in [0, 0.05) is 37.8 Å². The van der Waals surface area contributed by atoms with Gasteiger partial charge >= 0.3 is 0 Å². The molecule has 2 atom stereocenters. The summed E-state index contributed by atoms with van der Waals surface area (Å²) in [5.41, 5.74) is 4.22. The first kappa shape index (κ1) is 20.4. The van der Waals surface area contributed by atoms with Crippen LogP contribution in [0.4, 0.5) is 10.1 Å². The molecule has 1 saturated heterocycles. The third kappa shape index (κ3) is 4.74. The summed E-state index contributed by atoms with van der Waals surface area (Å²) in [5, 5.41) is 3.38. The number of hydrogen-bond donors (Lipinski definition) is 1. The molecular weight excluding hydrogens is 351 g/mol. The van der Waals surface area contributed by atoms with Crippen LogP contribution in [0.3, 0.4) is 0 Å². The summed E-state index contributed by atoms with van der Waals surface area (Å²) in [6.45, 7) is 10.1. The summed E-state index contributed by atoms with van der Waals surface area (Å²) >= 11 is 0. The SMILES string of the molecule is C=C(OC)C(CC(F)c1ccc(N2CCNCC2)c(CC)c1)c1ccccc1. The van der Waals surface area contributed by atoms with Crippen LogP contribution in [0, 0.1) is 0 Å². The fourth-order valence-electron chi connectivity index (χ4n) is 3.92. The number of halogens is 1. The third-order valence-corrected chi connectivity index (χ3v) is 5.60. The smallest absolute Gasteiger partial charge is 0.126 e. The van der Waals surface area contributed by atoms with Crippen molar-refractivity contribution < 1.29 is 9.13 Å². The first-order valence-electron chi connectivity index (χ1n) is 10.1. The van der Waals surface area contributed by atoms with Crippen molar-refractivity contribution in [3.63, 3.8) is 0 Å². The number of hydrogen-bond acceptors (Lipinski definition) is 3. The zero-order valence-corrected chi connectivity index (χ0v) is 17.0. The van der Waals surface area contributed by atoms with Crippen LogP contribution in [0.5, 0.6) is 0 Å². The Labute approximate surface area is 168 Å². The molecule has 2 unspecified atom stereocenters. The van der Waals surface area contributed by atoms with Crippen LogP contribution >= 0.6 is 0 Å². The molecule has 0 bridgehead atoms. The Morgan fingerprint density at radius 2 is 1.86 bits per heavy atom. The highest BCUT2D eigenvalue weighted by Gasteiger charge is 2.23. The summed E-state index contributed by atoms with van der Waals surface area (Å²) < 4.78 is 20.7. The molecule has 150 valence electrons. The van der Waals surface area contributed by atoms with Crippen LogP contribution in [0.25, 0.3) is 0 Å². The van der Waals surface area contributed by atoms with Gasteiger partial charge in [0.1, 0.15) is 6.17 Å². The second-order valence-electron chi connectivity index (χ2n) is 7.32. The van der Waals surface area contributed by atoms with Crippen molar-refractivity contribution in [1.29, 1.82) is 0 Å². The molecular formula is C24H31FN2O. The van der Waals surface area contributed by atoms with E-state index in [0.29, 0.717) is 12.2 Å². The van der Waals surface area contributed by atoms with Gasteiger partial charge < -0.3 is 15.0 Å². The first-order chi connectivity index (χ1) is 13.6. The fourth-order valence-corrected chi connectivity index (χ4v) is 3.92. The van der Waals surface area contributed by atoms with Crippen LogP contribution in [-0.4, -0.2) is 33.3 Å². The number of piperazine rings is 1. The van der Waals surface area contributed by atoms with Crippen molar-refractivity contribution in [2.45, 2.75) is 31.9 Å². The van der Waals surface area contributed by atoms with Gasteiger partial charge in [-0.25, -0.2) is 4.39 Å². The van der Waals surface area contributed by atoms with E-state index in [1.165, 1.54) is 11.3 Å². The lowest BCUT2D eigenvalue weighted by Crippen LogP contribution is -2.43. The standard InChI is InChI=1S/C24H31FN2O/c1-4-19-16-21(10-11-24(19)27-14-12-26-13-15-27)23(25)17-22(18(2)28-3)20-8-6-5-7-9-20/h5-11,16,22-23,26H,2,4,12-15,17H2,1,3H3. The molecule has 0 aromatic heterocycles. The van der Waals surface area contributed by atoms with Crippen molar-refractivity contribution in [3.8, 4) is 0 Å². The second-order valence-corrected chi connectivity index (χ2v) is 7.32. The molecule has 2 aromatic rings. The van der Waals surface area contributed by atoms with Crippen molar-refractivity contribution in [3.05, 3.63) is 77.6 Å². The normalized spacial score (nSPS) is 16.5. The quantitative estimate of drug-likeness (QED) is 0.650. The highest BCUT2D eigenvalue weighted by atomic mass is 19.1. The number of allylic oxidation sites excluding steroid dienone is 1. The second kappa shape index (κ2) is 9.74. The van der Waals surface area contributed by atoms with Crippen LogP contribution in [0.15, 0.2) is 60.9 Å². The van der Waals surface area contributed by atoms with E-state index in [0.717, 1.165) is 43.7 Å². The molecule has 0 saturated carbocycles. The summed E-state index contributed by atoms with van der Waals surface area (Å²) in [6.07, 6.45) is 0.152. The predicted molar refractivity (Wildman–Crippen MR) is 115 cm³/mol. The number of benzene rings is 2. The van der Waals surface area contributed by atoms with E-state index < -0.39 is 6.17 Å². The molecule has 3 nitrogen and oxygen atoms in total. The van der Waals surface area contributed by atoms with Crippen LogP contribution in [0.1, 0.15) is 42.1 Å². The molecule has 4 heteroatoms. The van der Waals surface area contributed by atoms with E-state index >= 15 is 4.39 Å². The number of anilines is 1. The Balaban J connectivity index is 1.80. The van der Waals surface area contributed by atoms with Gasteiger partial charge in [-0.2, -0.15) is 0 Å². The van der Waals surface area contributed by atoms with E-state index in [2.05, 4.69) is 29.8 Å². The number of nitrogens with one attached hydrogen (secondary N) is 1. The lowest BCUT2D eigenvalue weighted by molar-refractivity contribution is 0.234. The van der Waals surface area contributed by atoms with Crippen LogP contribution in [0.2, 0.25) is 0 Å². The number of methoxy groups -OCH3 is 1. The van der Waals surface area contributed by atoms with Crippen molar-refractivity contribution in [2.75, 3.05) is 38.2 Å². The highest BCUT2D eigenvalue weighted by Crippen LogP contribution is 2.37. The maximum Gasteiger partial charge on any atom is 0.126 e. The molecule has 3 rings (SSSR count). The van der Waals surface area contributed by atoms with Gasteiger partial charge in [0.05, 0.1) is 12.9 Å². The summed E-state index contributed by atoms with van der Waals surface area (Å²) in [5.74, 6) is 0.432. The van der Waals surface area contributed by atoms with Gasteiger partial charge in [0.25, 0.3) is 0 Å². The summed E-state index contributed by atoms with van der Waals surface area (Å²) in [4.78, 5) is 2.39. The lowest BCUT2D eigenvalue weighted by Gasteiger charge is -2.31. The molecule has 1 aliphatic heterocycles. The molecule has 0 spiro atoms. The molecule has 0 radical (unpaired) electrons. The zero-order valence-electron chi connectivity index (χ0n) is 17.0. The summed E-state index contributed by atoms with van der Waals surface area (Å²) in [6, 6.07) is 16.0. The van der Waals surface area contributed by atoms with E-state index in [1.54, 1.807) is 7.11 Å². The van der Waals surface area contributed by atoms with E-state index in [-0.39, 0.29) is 5.92 Å². The van der Waals surface area contributed by atoms with Gasteiger partial charge in [0.15, 0.2) is 0 Å². The topological polar surface area (TPSA) is 24.5 Å². The average Bonchev–Trinajstić information content (AvgIpc) is 2.77. The molecule has 1 aliphatic rings. The van der Waals surface area contributed by atoms with Crippen LogP contribution in [-0.2, 0) is 11.2 Å². The minimum atomic E-state index is -1.07.